The van der Waals surface area contributed by atoms with Crippen molar-refractivity contribution in [1.29, 1.82) is 0 Å². The van der Waals surface area contributed by atoms with Gasteiger partial charge in [0.25, 0.3) is 0 Å². The third-order valence-corrected chi connectivity index (χ3v) is 1.77. The molecule has 0 saturated heterocycles. The van der Waals surface area contributed by atoms with Crippen molar-refractivity contribution in [3.8, 4) is 0 Å². The molecule has 0 nitrogen and oxygen atoms in total. The smallest absolute Gasteiger partial charge is 0.0405 e. The van der Waals surface area contributed by atoms with Gasteiger partial charge in [0.05, 0.1) is 0 Å². The molecule has 0 bridgehead atoms. The minimum absolute atomic E-state index is 1.10. The number of hydrogen-bond acceptors (Lipinski definition) is 0. The summed E-state index contributed by atoms with van der Waals surface area (Å²) in [6.45, 7) is 8.63. The van der Waals surface area contributed by atoms with Crippen molar-refractivity contribution in [2.24, 2.45) is 0 Å². The van der Waals surface area contributed by atoms with Gasteiger partial charge in [0.15, 0.2) is 0 Å². The zero-order valence-electron chi connectivity index (χ0n) is 10.0. The Hall–Kier alpha value is -0.780. The van der Waals surface area contributed by atoms with Crippen LogP contribution in [0.5, 0.6) is 0 Å². The first kappa shape index (κ1) is 13.2. The zero-order valence-corrected chi connectivity index (χ0v) is 10.0. The van der Waals surface area contributed by atoms with Gasteiger partial charge in [-0.1, -0.05) is 56.2 Å². The quantitative estimate of drug-likeness (QED) is 0.563. The Morgan fingerprint density at radius 2 is 1.64 bits per heavy atom. The maximum atomic E-state index is 2.24. The molecule has 0 aliphatic carbocycles. The molecule has 14 heavy (non-hydrogen) atoms. The summed E-state index contributed by atoms with van der Waals surface area (Å²) >= 11 is 0. The highest BCUT2D eigenvalue weighted by atomic mass is 14.0. The Labute approximate surface area is 89.4 Å². The standard InChI is InChI=1S/C14H23/c1-5-7-9-11-14(10-8-6-2)12-13(3)4/h8-12H,5-7H2,1-4H3. The maximum absolute atomic E-state index is 2.24. The lowest BCUT2D eigenvalue weighted by molar-refractivity contribution is 0.956. The van der Waals surface area contributed by atoms with Crippen LogP contribution in [-0.4, -0.2) is 0 Å². The van der Waals surface area contributed by atoms with Gasteiger partial charge in [0, 0.05) is 5.92 Å². The van der Waals surface area contributed by atoms with Crippen LogP contribution in [0.15, 0.2) is 36.0 Å². The largest absolute Gasteiger partial charge is 0.0876 e. The molecule has 0 aromatic rings. The third-order valence-electron chi connectivity index (χ3n) is 1.77. The van der Waals surface area contributed by atoms with Gasteiger partial charge in [-0.2, -0.15) is 0 Å². The second-order valence-corrected chi connectivity index (χ2v) is 3.72. The first-order valence-electron chi connectivity index (χ1n) is 5.55. The first-order valence-corrected chi connectivity index (χ1v) is 5.55. The van der Waals surface area contributed by atoms with E-state index in [2.05, 4.69) is 58.1 Å². The van der Waals surface area contributed by atoms with Crippen molar-refractivity contribution >= 4 is 0 Å². The Balaban J connectivity index is 4.25. The molecule has 0 aromatic heterocycles. The number of unbranched alkanes of at least 4 members (excludes halogenated alkanes) is 1. The molecular formula is C14H23. The average molecular weight is 191 g/mol. The molecule has 0 heteroatoms. The summed E-state index contributed by atoms with van der Waals surface area (Å²) in [4.78, 5) is 0. The van der Waals surface area contributed by atoms with E-state index in [4.69, 9.17) is 0 Å². The van der Waals surface area contributed by atoms with E-state index in [-0.39, 0.29) is 0 Å². The Kier molecular flexibility index (Phi) is 8.31. The van der Waals surface area contributed by atoms with E-state index in [1.54, 1.807) is 0 Å². The Morgan fingerprint density at radius 1 is 1.00 bits per heavy atom. The summed E-state index contributed by atoms with van der Waals surface area (Å²) in [5.74, 6) is 1.31. The lowest BCUT2D eigenvalue weighted by Crippen LogP contribution is -1.84. The van der Waals surface area contributed by atoms with Crippen LogP contribution in [-0.2, 0) is 0 Å². The predicted octanol–water partition coefficient (Wildman–Crippen LogP) is 4.85. The molecule has 0 rings (SSSR count). The van der Waals surface area contributed by atoms with Gasteiger partial charge in [0.1, 0.15) is 0 Å². The molecule has 79 valence electrons. The molecule has 0 unspecified atom stereocenters. The lowest BCUT2D eigenvalue weighted by atomic mass is 10.0. The fourth-order valence-electron chi connectivity index (χ4n) is 1.13. The minimum atomic E-state index is 1.10. The predicted molar refractivity (Wildman–Crippen MR) is 66.2 cm³/mol. The van der Waals surface area contributed by atoms with Crippen molar-refractivity contribution in [3.05, 3.63) is 41.9 Å². The number of rotatable bonds is 6. The van der Waals surface area contributed by atoms with E-state index in [0.29, 0.717) is 0 Å². The van der Waals surface area contributed by atoms with Gasteiger partial charge in [-0.05, 0) is 26.7 Å². The van der Waals surface area contributed by atoms with Gasteiger partial charge in [-0.25, -0.2) is 0 Å². The van der Waals surface area contributed by atoms with Crippen molar-refractivity contribution in [3.63, 3.8) is 0 Å². The fraction of sp³-hybridized carbons (Fsp3) is 0.500. The summed E-state index contributed by atoms with van der Waals surface area (Å²) in [5.41, 5.74) is 1.35. The van der Waals surface area contributed by atoms with Gasteiger partial charge < -0.3 is 0 Å². The molecule has 1 radical (unpaired) electrons. The van der Waals surface area contributed by atoms with E-state index < -0.39 is 0 Å². The van der Waals surface area contributed by atoms with Crippen LogP contribution in [0.4, 0.5) is 0 Å². The molecule has 0 aromatic carbocycles. The molecule has 0 saturated carbocycles. The first-order chi connectivity index (χ1) is 6.70. The summed E-state index contributed by atoms with van der Waals surface area (Å²) in [7, 11) is 0. The highest BCUT2D eigenvalue weighted by Gasteiger charge is 1.94. The van der Waals surface area contributed by atoms with Gasteiger partial charge >= 0.3 is 0 Å². The van der Waals surface area contributed by atoms with Gasteiger partial charge in [0.2, 0.25) is 0 Å². The number of allylic oxidation sites excluding steroid dienone is 6. The topological polar surface area (TPSA) is 0 Å². The number of hydrogen-bond donors (Lipinski definition) is 0. The van der Waals surface area contributed by atoms with Crippen molar-refractivity contribution in [2.45, 2.75) is 47.0 Å². The Morgan fingerprint density at radius 3 is 2.14 bits per heavy atom. The van der Waals surface area contributed by atoms with Crippen molar-refractivity contribution < 1.29 is 0 Å². The van der Waals surface area contributed by atoms with Gasteiger partial charge in [-0.3, -0.25) is 0 Å². The molecule has 0 aliphatic rings. The van der Waals surface area contributed by atoms with Crippen LogP contribution in [0.3, 0.4) is 0 Å². The van der Waals surface area contributed by atoms with E-state index in [9.17, 15) is 0 Å². The van der Waals surface area contributed by atoms with Crippen LogP contribution < -0.4 is 0 Å². The van der Waals surface area contributed by atoms with E-state index in [1.165, 1.54) is 24.3 Å². The summed E-state index contributed by atoms with van der Waals surface area (Å²) in [6.07, 6.45) is 14.6. The van der Waals surface area contributed by atoms with Crippen LogP contribution >= 0.6 is 0 Å². The van der Waals surface area contributed by atoms with Gasteiger partial charge in [-0.15, -0.1) is 0 Å². The SMILES string of the molecule is CCC=C[C](C=CCCC)C=C(C)C. The van der Waals surface area contributed by atoms with Crippen molar-refractivity contribution in [2.75, 3.05) is 0 Å². The maximum Gasteiger partial charge on any atom is 0.0405 e. The van der Waals surface area contributed by atoms with Crippen LogP contribution in [0, 0.1) is 5.92 Å². The highest BCUT2D eigenvalue weighted by molar-refractivity contribution is 5.34. The molecule has 0 spiro atoms. The normalized spacial score (nSPS) is 11.8. The van der Waals surface area contributed by atoms with E-state index in [0.717, 1.165) is 6.42 Å². The second-order valence-electron chi connectivity index (χ2n) is 3.72. The average Bonchev–Trinajstić information content (AvgIpc) is 2.13. The molecule has 0 N–H and O–H groups in total. The van der Waals surface area contributed by atoms with Crippen LogP contribution in [0.25, 0.3) is 0 Å². The highest BCUT2D eigenvalue weighted by Crippen LogP contribution is 2.11. The zero-order chi connectivity index (χ0) is 10.8. The van der Waals surface area contributed by atoms with Crippen LogP contribution in [0.2, 0.25) is 0 Å². The Bertz CT molecular complexity index is 202. The summed E-state index contributed by atoms with van der Waals surface area (Å²) in [5, 5.41) is 0. The summed E-state index contributed by atoms with van der Waals surface area (Å²) < 4.78 is 0. The molecular weight excluding hydrogens is 168 g/mol. The van der Waals surface area contributed by atoms with Crippen LogP contribution in [0.1, 0.15) is 47.0 Å². The molecule has 0 amide bonds. The van der Waals surface area contributed by atoms with E-state index in [1.807, 2.05) is 0 Å². The molecule has 0 atom stereocenters. The summed E-state index contributed by atoms with van der Waals surface area (Å²) in [6, 6.07) is 0. The molecule has 0 fully saturated rings. The molecule has 0 aliphatic heterocycles. The van der Waals surface area contributed by atoms with Crippen molar-refractivity contribution in [1.82, 2.24) is 0 Å². The molecule has 0 heterocycles. The minimum Gasteiger partial charge on any atom is -0.0876 e. The second kappa shape index (κ2) is 8.80. The lowest BCUT2D eigenvalue weighted by Gasteiger charge is -2.01. The fourth-order valence-corrected chi connectivity index (χ4v) is 1.13. The third kappa shape index (κ3) is 7.85. The monoisotopic (exact) mass is 191 g/mol. The van der Waals surface area contributed by atoms with E-state index >= 15 is 0 Å².